The molecule has 0 radical (unpaired) electrons. The molecule has 2 N–H and O–H groups in total. The molecule has 0 fully saturated rings. The number of anilines is 1. The summed E-state index contributed by atoms with van der Waals surface area (Å²) >= 11 is 14.6. The number of methoxy groups -OCH3 is 1. The summed E-state index contributed by atoms with van der Waals surface area (Å²) in [5.74, 6) is 0.400. The van der Waals surface area contributed by atoms with Crippen LogP contribution < -0.4 is 15.4 Å². The summed E-state index contributed by atoms with van der Waals surface area (Å²) in [6.07, 6.45) is 3.35. The zero-order chi connectivity index (χ0) is 22.0. The van der Waals surface area contributed by atoms with E-state index in [1.165, 1.54) is 13.2 Å². The highest BCUT2D eigenvalue weighted by molar-refractivity contribution is 9.10. The third kappa shape index (κ3) is 4.84. The first-order valence-electron chi connectivity index (χ1n) is 8.90. The van der Waals surface area contributed by atoms with E-state index in [-0.39, 0.29) is 10.7 Å². The van der Waals surface area contributed by atoms with Gasteiger partial charge in [0.2, 0.25) is 5.89 Å². The summed E-state index contributed by atoms with van der Waals surface area (Å²) in [4.78, 5) is 21.2. The van der Waals surface area contributed by atoms with Crippen molar-refractivity contribution < 1.29 is 13.9 Å². The molecule has 0 bridgehead atoms. The van der Waals surface area contributed by atoms with E-state index in [0.29, 0.717) is 33.4 Å². The van der Waals surface area contributed by atoms with Crippen LogP contribution in [0, 0.1) is 0 Å². The van der Waals surface area contributed by atoms with Gasteiger partial charge >= 0.3 is 0 Å². The van der Waals surface area contributed by atoms with E-state index in [9.17, 15) is 4.79 Å². The summed E-state index contributed by atoms with van der Waals surface area (Å²) in [5.41, 5.74) is 2.91. The van der Waals surface area contributed by atoms with Crippen molar-refractivity contribution in [3.63, 3.8) is 0 Å². The lowest BCUT2D eigenvalue weighted by Crippen LogP contribution is -2.34. The van der Waals surface area contributed by atoms with Gasteiger partial charge < -0.3 is 14.5 Å². The fourth-order valence-corrected chi connectivity index (χ4v) is 3.60. The number of hydrogen-bond acceptors (Lipinski definition) is 6. The molecule has 0 saturated carbocycles. The van der Waals surface area contributed by atoms with Crippen LogP contribution in [0.2, 0.25) is 5.02 Å². The summed E-state index contributed by atoms with van der Waals surface area (Å²) in [6.45, 7) is 0. The minimum atomic E-state index is -0.441. The van der Waals surface area contributed by atoms with Gasteiger partial charge in [0.05, 0.1) is 18.2 Å². The van der Waals surface area contributed by atoms with Crippen LogP contribution in [0.3, 0.4) is 0 Å². The van der Waals surface area contributed by atoms with Crippen LogP contribution in [0.4, 0.5) is 5.69 Å². The SMILES string of the molecule is COc1ccc(Cl)cc1C(=O)NC(=S)Nc1ccc2oc(-c3cncc(Br)c3)nc2c1. The third-order valence-corrected chi connectivity index (χ3v) is 5.10. The van der Waals surface area contributed by atoms with Gasteiger partial charge in [0.1, 0.15) is 11.3 Å². The lowest BCUT2D eigenvalue weighted by molar-refractivity contribution is 0.0975. The van der Waals surface area contributed by atoms with E-state index in [1.54, 1.807) is 42.7 Å². The quantitative estimate of drug-likeness (QED) is 0.348. The summed E-state index contributed by atoms with van der Waals surface area (Å²) in [6, 6.07) is 11.9. The highest BCUT2D eigenvalue weighted by Crippen LogP contribution is 2.27. The molecule has 2 heterocycles. The smallest absolute Gasteiger partial charge is 0.261 e. The maximum atomic E-state index is 12.6. The minimum absolute atomic E-state index is 0.117. The van der Waals surface area contributed by atoms with E-state index in [4.69, 9.17) is 33.0 Å². The van der Waals surface area contributed by atoms with Crippen molar-refractivity contribution in [1.82, 2.24) is 15.3 Å². The minimum Gasteiger partial charge on any atom is -0.496 e. The maximum absolute atomic E-state index is 12.6. The van der Waals surface area contributed by atoms with Gasteiger partial charge in [-0.25, -0.2) is 4.98 Å². The van der Waals surface area contributed by atoms with Gasteiger partial charge in [-0.1, -0.05) is 11.6 Å². The Morgan fingerprint density at radius 1 is 1.19 bits per heavy atom. The Morgan fingerprint density at radius 2 is 2.03 bits per heavy atom. The first kappa shape index (κ1) is 21.2. The molecule has 2 aromatic carbocycles. The molecule has 31 heavy (non-hydrogen) atoms. The first-order valence-corrected chi connectivity index (χ1v) is 10.5. The van der Waals surface area contributed by atoms with Crippen LogP contribution in [0.25, 0.3) is 22.6 Å². The van der Waals surface area contributed by atoms with Crippen LogP contribution in [0.1, 0.15) is 10.4 Å². The van der Waals surface area contributed by atoms with Gasteiger partial charge in [-0.2, -0.15) is 0 Å². The van der Waals surface area contributed by atoms with Crippen molar-refractivity contribution >= 4 is 67.6 Å². The molecule has 0 aliphatic heterocycles. The fraction of sp³-hybridized carbons (Fsp3) is 0.0476. The molecule has 0 aliphatic rings. The largest absolute Gasteiger partial charge is 0.496 e. The van der Waals surface area contributed by atoms with Gasteiger partial charge in [0, 0.05) is 27.6 Å². The van der Waals surface area contributed by atoms with Crippen LogP contribution in [0.5, 0.6) is 5.75 Å². The van der Waals surface area contributed by atoms with Gasteiger partial charge in [-0.05, 0) is 70.6 Å². The average molecular weight is 518 g/mol. The summed E-state index contributed by atoms with van der Waals surface area (Å²) in [7, 11) is 1.47. The number of carbonyl (C=O) groups is 1. The zero-order valence-corrected chi connectivity index (χ0v) is 19.1. The number of nitrogens with one attached hydrogen (secondary N) is 2. The van der Waals surface area contributed by atoms with Crippen LogP contribution in [-0.2, 0) is 0 Å². The molecule has 0 spiro atoms. The highest BCUT2D eigenvalue weighted by atomic mass is 79.9. The lowest BCUT2D eigenvalue weighted by atomic mass is 10.2. The molecule has 1 amide bonds. The number of hydrogen-bond donors (Lipinski definition) is 2. The Kier molecular flexibility index (Phi) is 6.17. The Labute approximate surface area is 195 Å². The zero-order valence-electron chi connectivity index (χ0n) is 16.0. The van der Waals surface area contributed by atoms with Crippen LogP contribution in [0.15, 0.2) is 63.7 Å². The standard InChI is InChI=1S/C21H14BrClN4O3S/c1-29-17-4-2-13(23)7-15(17)19(28)27-21(31)25-14-3-5-18-16(8-14)26-20(30-18)11-6-12(22)10-24-9-11/h2-10H,1H3,(H2,25,27,28,31). The number of amides is 1. The number of halogens is 2. The summed E-state index contributed by atoms with van der Waals surface area (Å²) in [5, 5.41) is 6.12. The van der Waals surface area contributed by atoms with Gasteiger partial charge in [-0.15, -0.1) is 0 Å². The number of rotatable bonds is 4. The van der Waals surface area contributed by atoms with Crippen molar-refractivity contribution in [2.75, 3.05) is 12.4 Å². The Hall–Kier alpha value is -3.01. The molecule has 7 nitrogen and oxygen atoms in total. The number of oxazole rings is 1. The highest BCUT2D eigenvalue weighted by Gasteiger charge is 2.15. The second-order valence-corrected chi connectivity index (χ2v) is 8.11. The number of benzene rings is 2. The third-order valence-electron chi connectivity index (χ3n) is 4.23. The van der Waals surface area contributed by atoms with Gasteiger partial charge in [0.25, 0.3) is 5.91 Å². The molecule has 156 valence electrons. The van der Waals surface area contributed by atoms with Crippen molar-refractivity contribution in [3.05, 3.63) is 69.9 Å². The molecule has 0 unspecified atom stereocenters. The number of pyridine rings is 1. The molecule has 4 rings (SSSR count). The normalized spacial score (nSPS) is 10.7. The monoisotopic (exact) mass is 516 g/mol. The summed E-state index contributed by atoms with van der Waals surface area (Å²) < 4.78 is 11.8. The number of aromatic nitrogens is 2. The fourth-order valence-electron chi connectivity index (χ4n) is 2.85. The van der Waals surface area contributed by atoms with E-state index in [1.807, 2.05) is 6.07 Å². The van der Waals surface area contributed by atoms with Crippen molar-refractivity contribution in [3.8, 4) is 17.2 Å². The van der Waals surface area contributed by atoms with E-state index < -0.39 is 5.91 Å². The van der Waals surface area contributed by atoms with E-state index >= 15 is 0 Å². The number of fused-ring (bicyclic) bond motifs is 1. The molecule has 10 heteroatoms. The molecule has 0 saturated heterocycles. The predicted octanol–water partition coefficient (Wildman–Crippen LogP) is 5.44. The second-order valence-electron chi connectivity index (χ2n) is 6.35. The first-order chi connectivity index (χ1) is 14.9. The van der Waals surface area contributed by atoms with E-state index in [0.717, 1.165) is 10.0 Å². The lowest BCUT2D eigenvalue weighted by Gasteiger charge is -2.12. The van der Waals surface area contributed by atoms with Crippen molar-refractivity contribution in [1.29, 1.82) is 0 Å². The number of thiocarbonyl (C=S) groups is 1. The van der Waals surface area contributed by atoms with Crippen molar-refractivity contribution in [2.45, 2.75) is 0 Å². The van der Waals surface area contributed by atoms with Crippen molar-refractivity contribution in [2.24, 2.45) is 0 Å². The van der Waals surface area contributed by atoms with Gasteiger partial charge in [-0.3, -0.25) is 15.1 Å². The second kappa shape index (κ2) is 9.01. The van der Waals surface area contributed by atoms with Crippen LogP contribution in [-0.4, -0.2) is 28.1 Å². The van der Waals surface area contributed by atoms with Gasteiger partial charge in [0.15, 0.2) is 10.7 Å². The molecule has 2 aromatic heterocycles. The van der Waals surface area contributed by atoms with Crippen LogP contribution >= 0.6 is 39.7 Å². The maximum Gasteiger partial charge on any atom is 0.261 e. The number of ether oxygens (including phenoxy) is 1. The number of carbonyl (C=O) groups excluding carboxylic acids is 1. The molecule has 4 aromatic rings. The predicted molar refractivity (Wildman–Crippen MR) is 127 cm³/mol. The topological polar surface area (TPSA) is 89.3 Å². The van der Waals surface area contributed by atoms with E-state index in [2.05, 4.69) is 36.5 Å². The Morgan fingerprint density at radius 3 is 2.81 bits per heavy atom. The molecular formula is C21H14BrClN4O3S. The Bertz CT molecular complexity index is 1310. The average Bonchev–Trinajstić information content (AvgIpc) is 3.17. The molecule has 0 atom stereocenters. The molecular weight excluding hydrogens is 504 g/mol. The number of nitrogens with zero attached hydrogens (tertiary/aromatic N) is 2. The Balaban J connectivity index is 1.50. The molecule has 0 aliphatic carbocycles.